The summed E-state index contributed by atoms with van der Waals surface area (Å²) in [4.78, 5) is 60.8. The summed E-state index contributed by atoms with van der Waals surface area (Å²) in [6.07, 6.45) is 21.3. The van der Waals surface area contributed by atoms with Crippen molar-refractivity contribution in [2.24, 2.45) is 23.7 Å². The summed E-state index contributed by atoms with van der Waals surface area (Å²) >= 11 is 0. The van der Waals surface area contributed by atoms with Gasteiger partial charge in [0.15, 0.2) is 0 Å². The highest BCUT2D eigenvalue weighted by Gasteiger charge is 2.43. The van der Waals surface area contributed by atoms with Crippen molar-refractivity contribution in [3.63, 3.8) is 0 Å². The normalized spacial score (nSPS) is 24.2. The molecule has 7 aromatic rings. The van der Waals surface area contributed by atoms with Gasteiger partial charge < -0.3 is 56.1 Å². The number of benzene rings is 7. The molecule has 5 heterocycles. The van der Waals surface area contributed by atoms with Crippen LogP contribution in [0.25, 0.3) is 10.8 Å². The highest BCUT2D eigenvalue weighted by Crippen LogP contribution is 2.38. The summed E-state index contributed by atoms with van der Waals surface area (Å²) < 4.78 is 64.5. The molecule has 2 aliphatic carbocycles. The number of urea groups is 3. The van der Waals surface area contributed by atoms with Gasteiger partial charge in [-0.3, -0.25) is 9.69 Å². The molecule has 7 fully saturated rings. The minimum absolute atomic E-state index is 0. The number of fused-ring (bicyclic) bond motifs is 3. The van der Waals surface area contributed by atoms with Gasteiger partial charge in [-0.2, -0.15) is 0 Å². The third-order valence-corrected chi connectivity index (χ3v) is 22.6. The molecule has 2 bridgehead atoms. The number of anilines is 3. The van der Waals surface area contributed by atoms with Gasteiger partial charge in [0.05, 0.1) is 19.9 Å². The number of amides is 7. The fourth-order valence-electron chi connectivity index (χ4n) is 17.4. The third-order valence-electron chi connectivity index (χ3n) is 22.6. The molecule has 104 heavy (non-hydrogen) atoms. The number of hydrogen-bond acceptors (Lipinski definition) is 9. The minimum Gasteiger partial charge on any atom is -0.497 e. The van der Waals surface area contributed by atoms with Crippen LogP contribution in [0.2, 0.25) is 0 Å². The average Bonchev–Trinajstić information content (AvgIpc) is 1.71. The van der Waals surface area contributed by atoms with Crippen molar-refractivity contribution in [1.82, 2.24) is 35.6 Å². The standard InChI is InChI=1S/C30H32F2N4O2.2C27H36FN3O2.5H2/c31-22-10-9-20-14-19(7-8-21(20)15-22)18-36-24-11-12-25(36)17-23(16-24)33-30(38)35-13-3-6-28(35)29(37)34-27-5-2-1-4-26(27)32;2*1-33-25-9-4-8-24(17-25)29-27(32)30-26-10-3-2-7-22(26)19-31-15-5-6-21(18-31)16-20-11-13-23(28)14-12-20;;;;;/h1-2,4-5,7-10,14-15,23-25,28H,3,6,11-13,16-18H2,(H,33,38)(H,34,37);2*4,8-9,11-14,17,21-22,26H,2-3,5-7,10,15-16,18-19H2,1H3,(H2,29,30,32);5*1H/t24-,25-,28+;2*21-,22+,26-;;;;;/m111...../s1. The largest absolute Gasteiger partial charge is 0.497 e. The van der Waals surface area contributed by atoms with Crippen LogP contribution in [0, 0.1) is 46.9 Å². The van der Waals surface area contributed by atoms with E-state index in [1.807, 2.05) is 84.9 Å². The molecule has 20 heteroatoms. The van der Waals surface area contributed by atoms with Gasteiger partial charge in [0.1, 0.15) is 40.8 Å². The molecule has 0 spiro atoms. The molecule has 2 saturated carbocycles. The van der Waals surface area contributed by atoms with Crippen LogP contribution in [0.4, 0.5) is 49.0 Å². The molecule has 7 amide bonds. The van der Waals surface area contributed by atoms with Gasteiger partial charge >= 0.3 is 18.1 Å². The Morgan fingerprint density at radius 1 is 0.471 bits per heavy atom. The van der Waals surface area contributed by atoms with Crippen molar-refractivity contribution in [2.45, 2.75) is 171 Å². The lowest BCUT2D eigenvalue weighted by Crippen LogP contribution is -2.54. The maximum Gasteiger partial charge on any atom is 0.319 e. The number of piperidine rings is 3. The van der Waals surface area contributed by atoms with Crippen molar-refractivity contribution < 1.29 is 53.3 Å². The summed E-state index contributed by atoms with van der Waals surface area (Å²) in [6, 6.07) is 46.0. The van der Waals surface area contributed by atoms with Gasteiger partial charge in [0.2, 0.25) is 5.91 Å². The van der Waals surface area contributed by atoms with Crippen molar-refractivity contribution >= 4 is 51.8 Å². The maximum absolute atomic E-state index is 14.0. The van der Waals surface area contributed by atoms with Crippen LogP contribution in [0.1, 0.15) is 139 Å². The van der Waals surface area contributed by atoms with E-state index in [1.54, 1.807) is 61.6 Å². The van der Waals surface area contributed by atoms with Gasteiger partial charge in [-0.15, -0.1) is 0 Å². The molecular formula is C84H114F4N10O6. The number of nitrogens with one attached hydrogen (secondary N) is 6. The zero-order valence-electron chi connectivity index (χ0n) is 60.3. The first-order valence-electron chi connectivity index (χ1n) is 38.1. The fourth-order valence-corrected chi connectivity index (χ4v) is 17.4. The molecular weight excluding hydrogens is 1320 g/mol. The summed E-state index contributed by atoms with van der Waals surface area (Å²) in [5, 5.41) is 20.2. The molecule has 7 aromatic carbocycles. The van der Waals surface area contributed by atoms with Crippen LogP contribution in [0.5, 0.6) is 11.5 Å². The third kappa shape index (κ3) is 21.3. The lowest BCUT2D eigenvalue weighted by atomic mass is 9.83. The minimum atomic E-state index is -0.604. The van der Waals surface area contributed by atoms with Crippen molar-refractivity contribution in [1.29, 1.82) is 0 Å². The topological polar surface area (TPSA) is 172 Å². The molecule has 0 unspecified atom stereocenters. The second kappa shape index (κ2) is 36.8. The summed E-state index contributed by atoms with van der Waals surface area (Å²) in [5.74, 6) is 2.20. The Morgan fingerprint density at radius 3 is 1.52 bits per heavy atom. The molecule has 5 aliphatic heterocycles. The molecule has 14 rings (SSSR count). The Labute approximate surface area is 618 Å². The number of halogens is 4. The first kappa shape index (κ1) is 75.0. The van der Waals surface area contributed by atoms with Gasteiger partial charge in [0, 0.05) is 100 Å². The van der Waals surface area contributed by atoms with Crippen LogP contribution in [-0.2, 0) is 24.2 Å². The summed E-state index contributed by atoms with van der Waals surface area (Å²) in [7, 11) is 3.24. The predicted molar refractivity (Wildman–Crippen MR) is 413 cm³/mol. The molecule has 9 atom stereocenters. The SMILES string of the molecule is COc1cccc(NC(=O)N[C@@H]2CCCC[C@H]2CN2CCC[C@H](Cc3ccc(F)cc3)C2)c1.COc1cccc(NC(=O)N[C@@H]2CCCC[C@H]2CN2CCC[C@H](Cc3ccc(F)cc3)C2)c1.O=C(Nc1ccccc1F)[C@@H]1CCCN1C(=O)NC1C[C@H]2CC[C@H](C1)N2Cc1ccc2cc(F)ccc2c1.[HH].[HH].[HH].[HH].[HH]. The van der Waals surface area contributed by atoms with Crippen LogP contribution < -0.4 is 41.4 Å². The maximum atomic E-state index is 14.0. The zero-order valence-corrected chi connectivity index (χ0v) is 60.3. The van der Waals surface area contributed by atoms with E-state index in [4.69, 9.17) is 9.47 Å². The van der Waals surface area contributed by atoms with E-state index in [9.17, 15) is 36.7 Å². The van der Waals surface area contributed by atoms with E-state index in [0.717, 1.165) is 163 Å². The Balaban J connectivity index is 0.000000223. The number of nitrogens with zero attached hydrogens (tertiary/aromatic N) is 4. The van der Waals surface area contributed by atoms with Crippen molar-refractivity contribution in [2.75, 3.05) is 76.0 Å². The molecule has 0 aromatic heterocycles. The second-order valence-electron chi connectivity index (χ2n) is 30.0. The summed E-state index contributed by atoms with van der Waals surface area (Å²) in [5.41, 5.74) is 5.25. The predicted octanol–water partition coefficient (Wildman–Crippen LogP) is 17.6. The molecule has 16 nitrogen and oxygen atoms in total. The summed E-state index contributed by atoms with van der Waals surface area (Å²) in [6.45, 7) is 7.83. The smallest absolute Gasteiger partial charge is 0.319 e. The lowest BCUT2D eigenvalue weighted by Gasteiger charge is -2.40. The number of carbonyl (C=O) groups excluding carboxylic acids is 4. The van der Waals surface area contributed by atoms with E-state index >= 15 is 0 Å². The van der Waals surface area contributed by atoms with E-state index < -0.39 is 11.9 Å². The molecule has 7 aliphatic rings. The fraction of sp³-hybridized carbons (Fsp3) is 0.476. The quantitative estimate of drug-likeness (QED) is 0.0431. The number of para-hydroxylation sites is 1. The Hall–Kier alpha value is -8.72. The van der Waals surface area contributed by atoms with Gasteiger partial charge in [-0.05, 0) is 246 Å². The lowest BCUT2D eigenvalue weighted by molar-refractivity contribution is -0.119. The zero-order chi connectivity index (χ0) is 72.3. The van der Waals surface area contributed by atoms with Crippen molar-refractivity contribution in [3.8, 4) is 11.5 Å². The van der Waals surface area contributed by atoms with E-state index in [-0.39, 0.29) is 72.4 Å². The molecule has 6 N–H and O–H groups in total. The van der Waals surface area contributed by atoms with Crippen LogP contribution in [0.3, 0.4) is 0 Å². The first-order chi connectivity index (χ1) is 50.6. The molecule has 5 saturated heterocycles. The van der Waals surface area contributed by atoms with Gasteiger partial charge in [0.25, 0.3) is 0 Å². The van der Waals surface area contributed by atoms with Crippen molar-refractivity contribution in [3.05, 3.63) is 198 Å². The number of rotatable bonds is 19. The van der Waals surface area contributed by atoms with Crippen LogP contribution in [0.15, 0.2) is 158 Å². The van der Waals surface area contributed by atoms with E-state index in [1.165, 1.54) is 73.4 Å². The second-order valence-corrected chi connectivity index (χ2v) is 30.0. The first-order valence-corrected chi connectivity index (χ1v) is 38.1. The Morgan fingerprint density at radius 2 is 0.971 bits per heavy atom. The number of methoxy groups -OCH3 is 2. The number of likely N-dealkylation sites (tertiary alicyclic amines) is 3. The Bertz CT molecular complexity index is 3830. The van der Waals surface area contributed by atoms with E-state index in [0.29, 0.717) is 48.7 Å². The molecule has 0 radical (unpaired) electrons. The monoisotopic (exact) mass is 1430 g/mol. The van der Waals surface area contributed by atoms with E-state index in [2.05, 4.69) is 58.7 Å². The highest BCUT2D eigenvalue weighted by atomic mass is 19.1. The van der Waals surface area contributed by atoms with Gasteiger partial charge in [-0.25, -0.2) is 31.9 Å². The van der Waals surface area contributed by atoms with Gasteiger partial charge in [-0.1, -0.05) is 92.4 Å². The Kier molecular flexibility index (Phi) is 26.5. The highest BCUT2D eigenvalue weighted by molar-refractivity contribution is 5.97. The number of ether oxygens (including phenoxy) is 2. The number of carbonyl (C=O) groups is 4. The van der Waals surface area contributed by atoms with Crippen LogP contribution in [-0.4, -0.2) is 140 Å². The molecule has 564 valence electrons. The van der Waals surface area contributed by atoms with Crippen LogP contribution >= 0.6 is 0 Å². The average molecular weight is 1440 g/mol. The number of hydrogen-bond donors (Lipinski definition) is 6.